The van der Waals surface area contributed by atoms with Crippen LogP contribution in [0.4, 0.5) is 0 Å². The Morgan fingerprint density at radius 1 is 1.21 bits per heavy atom. The molecule has 6 heteroatoms. The fraction of sp³-hybridized carbons (Fsp3) is 0.833. The van der Waals surface area contributed by atoms with Crippen molar-refractivity contribution < 1.29 is 13.9 Å². The standard InChI is InChI=1S/C18H27N3O3/c1-11-19-20-17(24-11)16-8-13(23-2)10-21(16)18(22)15-9-14(15)12-6-4-3-5-7-12/h12-16H,3-10H2,1-2H3/t13-,14?,15?,16+/m0/s1. The van der Waals surface area contributed by atoms with Crippen molar-refractivity contribution in [1.82, 2.24) is 15.1 Å². The Hall–Kier alpha value is -1.43. The van der Waals surface area contributed by atoms with Gasteiger partial charge in [-0.2, -0.15) is 0 Å². The van der Waals surface area contributed by atoms with Crippen LogP contribution in [0, 0.1) is 24.7 Å². The van der Waals surface area contributed by atoms with E-state index in [9.17, 15) is 4.79 Å². The summed E-state index contributed by atoms with van der Waals surface area (Å²) in [6.45, 7) is 2.42. The van der Waals surface area contributed by atoms with Gasteiger partial charge in [-0.05, 0) is 18.3 Å². The van der Waals surface area contributed by atoms with Crippen molar-refractivity contribution in [3.8, 4) is 0 Å². The fourth-order valence-corrected chi connectivity index (χ4v) is 4.69. The molecule has 24 heavy (non-hydrogen) atoms. The summed E-state index contributed by atoms with van der Waals surface area (Å²) in [6, 6.07) is -0.128. The maximum atomic E-state index is 13.1. The van der Waals surface area contributed by atoms with Gasteiger partial charge in [0.1, 0.15) is 6.04 Å². The number of aromatic nitrogens is 2. The summed E-state index contributed by atoms with van der Waals surface area (Å²) < 4.78 is 11.1. The van der Waals surface area contributed by atoms with Gasteiger partial charge in [0.25, 0.3) is 0 Å². The number of hydrogen-bond acceptors (Lipinski definition) is 5. The molecule has 2 heterocycles. The fourth-order valence-electron chi connectivity index (χ4n) is 4.69. The average molecular weight is 333 g/mol. The summed E-state index contributed by atoms with van der Waals surface area (Å²) in [4.78, 5) is 15.0. The van der Waals surface area contributed by atoms with Gasteiger partial charge in [-0.1, -0.05) is 32.1 Å². The minimum Gasteiger partial charge on any atom is -0.423 e. The molecule has 0 N–H and O–H groups in total. The zero-order valence-electron chi connectivity index (χ0n) is 14.6. The number of rotatable bonds is 4. The molecule has 3 fully saturated rings. The molecule has 132 valence electrons. The third-order valence-electron chi connectivity index (χ3n) is 6.12. The van der Waals surface area contributed by atoms with Crippen molar-refractivity contribution in [2.75, 3.05) is 13.7 Å². The maximum Gasteiger partial charge on any atom is 0.239 e. The summed E-state index contributed by atoms with van der Waals surface area (Å²) in [6.07, 6.45) is 8.50. The van der Waals surface area contributed by atoms with Gasteiger partial charge < -0.3 is 14.1 Å². The number of ether oxygens (including phenoxy) is 1. The SMILES string of the molecule is CO[C@H]1C[C@H](c2nnc(C)o2)N(C(=O)C2CC2C2CCCCC2)C1. The minimum absolute atomic E-state index is 0.0537. The van der Waals surface area contributed by atoms with E-state index in [0.29, 0.717) is 24.2 Å². The number of nitrogens with zero attached hydrogens (tertiary/aromatic N) is 3. The monoisotopic (exact) mass is 333 g/mol. The highest BCUT2D eigenvalue weighted by Gasteiger charge is 2.52. The molecule has 1 amide bonds. The topological polar surface area (TPSA) is 68.5 Å². The van der Waals surface area contributed by atoms with Crippen molar-refractivity contribution in [2.24, 2.45) is 17.8 Å². The lowest BCUT2D eigenvalue weighted by atomic mass is 9.85. The van der Waals surface area contributed by atoms with E-state index in [1.54, 1.807) is 14.0 Å². The molecule has 1 aromatic heterocycles. The molecular weight excluding hydrogens is 306 g/mol. The summed E-state index contributed by atoms with van der Waals surface area (Å²) in [5.74, 6) is 2.93. The summed E-state index contributed by atoms with van der Waals surface area (Å²) >= 11 is 0. The predicted molar refractivity (Wildman–Crippen MR) is 87.1 cm³/mol. The van der Waals surface area contributed by atoms with Crippen LogP contribution in [0.15, 0.2) is 4.42 Å². The number of carbonyl (C=O) groups is 1. The van der Waals surface area contributed by atoms with Crippen molar-refractivity contribution in [1.29, 1.82) is 0 Å². The Labute approximate surface area is 142 Å². The van der Waals surface area contributed by atoms with Gasteiger partial charge in [0.2, 0.25) is 17.7 Å². The second-order valence-corrected chi connectivity index (χ2v) is 7.66. The smallest absolute Gasteiger partial charge is 0.239 e. The Bertz CT molecular complexity index is 596. The molecule has 0 aromatic carbocycles. The third kappa shape index (κ3) is 2.96. The maximum absolute atomic E-state index is 13.1. The molecule has 2 saturated carbocycles. The highest BCUT2D eigenvalue weighted by atomic mass is 16.5. The van der Waals surface area contributed by atoms with Crippen molar-refractivity contribution in [3.63, 3.8) is 0 Å². The first-order chi connectivity index (χ1) is 11.7. The Balaban J connectivity index is 1.46. The second kappa shape index (κ2) is 6.47. The summed E-state index contributed by atoms with van der Waals surface area (Å²) in [5.41, 5.74) is 0. The van der Waals surface area contributed by atoms with Crippen molar-refractivity contribution in [2.45, 2.75) is 64.0 Å². The summed E-state index contributed by atoms with van der Waals surface area (Å²) in [7, 11) is 1.71. The molecular formula is C18H27N3O3. The van der Waals surface area contributed by atoms with E-state index in [0.717, 1.165) is 18.8 Å². The number of aryl methyl sites for hydroxylation is 1. The zero-order valence-corrected chi connectivity index (χ0v) is 14.6. The van der Waals surface area contributed by atoms with Crippen LogP contribution in [-0.4, -0.2) is 40.8 Å². The summed E-state index contributed by atoms with van der Waals surface area (Å²) in [5, 5.41) is 8.08. The predicted octanol–water partition coefficient (Wildman–Crippen LogP) is 2.88. The molecule has 0 bridgehead atoms. The molecule has 0 spiro atoms. The first kappa shape index (κ1) is 16.1. The van der Waals surface area contributed by atoms with Crippen molar-refractivity contribution in [3.05, 3.63) is 11.8 Å². The molecule has 1 aliphatic heterocycles. The zero-order chi connectivity index (χ0) is 16.7. The highest BCUT2D eigenvalue weighted by Crippen LogP contribution is 2.51. The van der Waals surface area contributed by atoms with E-state index in [1.807, 2.05) is 4.90 Å². The lowest BCUT2D eigenvalue weighted by Crippen LogP contribution is -2.34. The third-order valence-corrected chi connectivity index (χ3v) is 6.12. The van der Waals surface area contributed by atoms with Crippen LogP contribution < -0.4 is 0 Å². The van der Waals surface area contributed by atoms with Crippen LogP contribution in [0.1, 0.15) is 62.8 Å². The largest absolute Gasteiger partial charge is 0.423 e. The Kier molecular flexibility index (Phi) is 4.33. The van der Waals surface area contributed by atoms with Gasteiger partial charge in [0.15, 0.2) is 0 Å². The number of carbonyl (C=O) groups excluding carboxylic acids is 1. The van der Waals surface area contributed by atoms with Crippen LogP contribution in [0.5, 0.6) is 0 Å². The van der Waals surface area contributed by atoms with Crippen LogP contribution >= 0.6 is 0 Å². The quantitative estimate of drug-likeness (QED) is 0.847. The molecule has 0 radical (unpaired) electrons. The van der Waals surface area contributed by atoms with Gasteiger partial charge in [0.05, 0.1) is 6.10 Å². The van der Waals surface area contributed by atoms with Crippen molar-refractivity contribution >= 4 is 5.91 Å². The van der Waals surface area contributed by atoms with Gasteiger partial charge in [0, 0.05) is 32.9 Å². The number of hydrogen-bond donors (Lipinski definition) is 0. The first-order valence-corrected chi connectivity index (χ1v) is 9.30. The van der Waals surface area contributed by atoms with Gasteiger partial charge in [-0.25, -0.2) is 0 Å². The van der Waals surface area contributed by atoms with Gasteiger partial charge >= 0.3 is 0 Å². The minimum atomic E-state index is -0.128. The number of amides is 1. The highest BCUT2D eigenvalue weighted by molar-refractivity contribution is 5.82. The second-order valence-electron chi connectivity index (χ2n) is 7.66. The lowest BCUT2D eigenvalue weighted by Gasteiger charge is -2.24. The Morgan fingerprint density at radius 2 is 2.00 bits per heavy atom. The molecule has 1 saturated heterocycles. The average Bonchev–Trinajstić information content (AvgIpc) is 3.10. The normalized spacial score (nSPS) is 33.8. The molecule has 3 aliphatic rings. The molecule has 1 aromatic rings. The Morgan fingerprint density at radius 3 is 2.67 bits per heavy atom. The van der Waals surface area contributed by atoms with Gasteiger partial charge in [-0.3, -0.25) is 4.79 Å². The van der Waals surface area contributed by atoms with E-state index in [2.05, 4.69) is 10.2 Å². The number of likely N-dealkylation sites (tertiary alicyclic amines) is 1. The van der Waals surface area contributed by atoms with E-state index >= 15 is 0 Å². The molecule has 6 nitrogen and oxygen atoms in total. The first-order valence-electron chi connectivity index (χ1n) is 9.30. The van der Waals surface area contributed by atoms with Crippen LogP contribution in [0.2, 0.25) is 0 Å². The van der Waals surface area contributed by atoms with E-state index in [-0.39, 0.29) is 24.0 Å². The van der Waals surface area contributed by atoms with E-state index in [4.69, 9.17) is 9.15 Å². The van der Waals surface area contributed by atoms with Crippen LogP contribution in [-0.2, 0) is 9.53 Å². The molecule has 2 aliphatic carbocycles. The van der Waals surface area contributed by atoms with Crippen LogP contribution in [0.3, 0.4) is 0 Å². The molecule has 4 rings (SSSR count). The van der Waals surface area contributed by atoms with E-state index in [1.165, 1.54) is 32.1 Å². The number of methoxy groups -OCH3 is 1. The van der Waals surface area contributed by atoms with E-state index < -0.39 is 0 Å². The molecule has 2 unspecified atom stereocenters. The van der Waals surface area contributed by atoms with Crippen LogP contribution in [0.25, 0.3) is 0 Å². The molecule has 4 atom stereocenters. The van der Waals surface area contributed by atoms with Gasteiger partial charge in [-0.15, -0.1) is 10.2 Å². The lowest BCUT2D eigenvalue weighted by molar-refractivity contribution is -0.134.